The van der Waals surface area contributed by atoms with Gasteiger partial charge in [-0.05, 0) is 23.8 Å². The molecule has 3 aromatic rings. The van der Waals surface area contributed by atoms with Gasteiger partial charge in [0.25, 0.3) is 5.91 Å². The Morgan fingerprint density at radius 1 is 1.30 bits per heavy atom. The standard InChI is InChI=1S/C16H14FN5O4S/c17-12-5-10(8-19-11-1-3-21-4-2-18-14(21)7-11)6-13(23)16(12)22-9-15(24)20-27(22,25)26/h1-7,19,23H,8-9H2,(H,20,24). The summed E-state index contributed by atoms with van der Waals surface area (Å²) >= 11 is 0. The van der Waals surface area contributed by atoms with Crippen LogP contribution in [0.5, 0.6) is 5.75 Å². The van der Waals surface area contributed by atoms with Gasteiger partial charge in [0.05, 0.1) is 0 Å². The van der Waals surface area contributed by atoms with E-state index in [0.29, 0.717) is 9.87 Å². The Bertz CT molecular complexity index is 1140. The van der Waals surface area contributed by atoms with E-state index in [0.717, 1.165) is 17.4 Å². The number of hydrogen-bond acceptors (Lipinski definition) is 6. The van der Waals surface area contributed by atoms with Gasteiger partial charge < -0.3 is 14.8 Å². The van der Waals surface area contributed by atoms with Crippen molar-refractivity contribution in [2.24, 2.45) is 0 Å². The second-order valence-electron chi connectivity index (χ2n) is 5.94. The number of halogens is 1. The van der Waals surface area contributed by atoms with Crippen LogP contribution in [0, 0.1) is 5.82 Å². The number of nitrogens with zero attached hydrogens (tertiary/aromatic N) is 3. The lowest BCUT2D eigenvalue weighted by molar-refractivity contribution is -0.117. The molecule has 1 saturated heterocycles. The number of aromatic hydroxyl groups is 1. The van der Waals surface area contributed by atoms with Crippen LogP contribution >= 0.6 is 0 Å². The highest BCUT2D eigenvalue weighted by Crippen LogP contribution is 2.34. The lowest BCUT2D eigenvalue weighted by atomic mass is 10.1. The van der Waals surface area contributed by atoms with Crippen LogP contribution in [0.3, 0.4) is 0 Å². The van der Waals surface area contributed by atoms with E-state index in [-0.39, 0.29) is 6.54 Å². The second kappa shape index (κ2) is 6.13. The maximum absolute atomic E-state index is 14.5. The molecule has 140 valence electrons. The number of carbonyl (C=O) groups excluding carboxylic acids is 1. The number of benzene rings is 1. The molecule has 0 unspecified atom stereocenters. The van der Waals surface area contributed by atoms with E-state index in [4.69, 9.17) is 0 Å². The number of phenols is 1. The topological polar surface area (TPSA) is 116 Å². The summed E-state index contributed by atoms with van der Waals surface area (Å²) in [5.41, 5.74) is 1.32. The zero-order valence-corrected chi connectivity index (χ0v) is 14.6. The van der Waals surface area contributed by atoms with Gasteiger partial charge in [-0.25, -0.2) is 18.4 Å². The molecule has 1 fully saturated rings. The lowest BCUT2D eigenvalue weighted by Crippen LogP contribution is -2.30. The minimum absolute atomic E-state index is 0.186. The van der Waals surface area contributed by atoms with E-state index in [1.807, 2.05) is 16.7 Å². The van der Waals surface area contributed by atoms with E-state index in [2.05, 4.69) is 10.3 Å². The molecule has 11 heteroatoms. The number of fused-ring (bicyclic) bond motifs is 1. The van der Waals surface area contributed by atoms with Gasteiger partial charge in [-0.1, -0.05) is 0 Å². The molecule has 0 atom stereocenters. The molecule has 0 spiro atoms. The number of amides is 1. The summed E-state index contributed by atoms with van der Waals surface area (Å²) in [5, 5.41) is 13.2. The Labute approximate surface area is 153 Å². The van der Waals surface area contributed by atoms with Crippen LogP contribution in [0.25, 0.3) is 5.65 Å². The monoisotopic (exact) mass is 391 g/mol. The zero-order valence-electron chi connectivity index (χ0n) is 13.8. The van der Waals surface area contributed by atoms with Crippen LogP contribution < -0.4 is 14.3 Å². The summed E-state index contributed by atoms with van der Waals surface area (Å²) in [5.74, 6) is -2.32. The fourth-order valence-corrected chi connectivity index (χ4v) is 4.03. The van der Waals surface area contributed by atoms with Crippen molar-refractivity contribution in [1.29, 1.82) is 0 Å². The van der Waals surface area contributed by atoms with Crippen molar-refractivity contribution >= 4 is 33.1 Å². The molecule has 3 heterocycles. The van der Waals surface area contributed by atoms with Gasteiger partial charge in [-0.15, -0.1) is 0 Å². The summed E-state index contributed by atoms with van der Waals surface area (Å²) in [7, 11) is -4.21. The van der Waals surface area contributed by atoms with Crippen LogP contribution in [-0.2, 0) is 21.5 Å². The van der Waals surface area contributed by atoms with Crippen molar-refractivity contribution in [2.75, 3.05) is 16.2 Å². The van der Waals surface area contributed by atoms with Gasteiger partial charge in [-0.3, -0.25) is 4.79 Å². The van der Waals surface area contributed by atoms with E-state index >= 15 is 0 Å². The number of anilines is 2. The molecule has 1 aliphatic rings. The first kappa shape index (κ1) is 17.1. The minimum Gasteiger partial charge on any atom is -0.506 e. The maximum atomic E-state index is 14.5. The van der Waals surface area contributed by atoms with E-state index < -0.39 is 39.9 Å². The fourth-order valence-electron chi connectivity index (χ4n) is 2.86. The molecule has 1 amide bonds. The number of pyridine rings is 1. The van der Waals surface area contributed by atoms with E-state index in [9.17, 15) is 22.7 Å². The van der Waals surface area contributed by atoms with Gasteiger partial charge in [0, 0.05) is 36.9 Å². The normalized spacial score (nSPS) is 15.9. The third-order valence-electron chi connectivity index (χ3n) is 4.07. The highest BCUT2D eigenvalue weighted by molar-refractivity contribution is 7.92. The molecule has 3 N–H and O–H groups in total. The first-order chi connectivity index (χ1) is 12.8. The third kappa shape index (κ3) is 3.12. The number of imidazole rings is 1. The molecule has 27 heavy (non-hydrogen) atoms. The third-order valence-corrected chi connectivity index (χ3v) is 5.44. The van der Waals surface area contributed by atoms with Crippen LogP contribution in [0.4, 0.5) is 15.8 Å². The fraction of sp³-hybridized carbons (Fsp3) is 0.125. The molecular formula is C16H14FN5O4S. The summed E-state index contributed by atoms with van der Waals surface area (Å²) in [6, 6.07) is 5.97. The Morgan fingerprint density at radius 3 is 2.81 bits per heavy atom. The van der Waals surface area contributed by atoms with Crippen LogP contribution in [0.1, 0.15) is 5.56 Å². The number of rotatable bonds is 4. The molecule has 4 rings (SSSR count). The van der Waals surface area contributed by atoms with Crippen molar-refractivity contribution in [2.45, 2.75) is 6.54 Å². The number of aromatic nitrogens is 2. The average Bonchev–Trinajstić information content (AvgIpc) is 3.15. The minimum atomic E-state index is -4.21. The van der Waals surface area contributed by atoms with E-state index in [1.165, 1.54) is 6.07 Å². The predicted octanol–water partition coefficient (Wildman–Crippen LogP) is 0.972. The first-order valence-electron chi connectivity index (χ1n) is 7.85. The van der Waals surface area contributed by atoms with Crippen LogP contribution in [-0.4, -0.2) is 35.4 Å². The average molecular weight is 391 g/mol. The summed E-state index contributed by atoms with van der Waals surface area (Å²) < 4.78 is 42.3. The quantitative estimate of drug-likeness (QED) is 0.610. The van der Waals surface area contributed by atoms with Crippen molar-refractivity contribution in [3.05, 3.63) is 54.2 Å². The highest BCUT2D eigenvalue weighted by Gasteiger charge is 2.37. The Hall–Kier alpha value is -3.34. The number of hydrogen-bond donors (Lipinski definition) is 3. The molecule has 2 aromatic heterocycles. The largest absolute Gasteiger partial charge is 0.506 e. The van der Waals surface area contributed by atoms with Crippen molar-refractivity contribution in [3.63, 3.8) is 0 Å². The summed E-state index contributed by atoms with van der Waals surface area (Å²) in [6.45, 7) is -0.402. The Kier molecular flexibility index (Phi) is 3.88. The molecule has 0 saturated carbocycles. The smallest absolute Gasteiger partial charge is 0.326 e. The van der Waals surface area contributed by atoms with Gasteiger partial charge in [0.1, 0.15) is 23.6 Å². The maximum Gasteiger partial charge on any atom is 0.326 e. The molecule has 1 aliphatic heterocycles. The molecule has 9 nitrogen and oxygen atoms in total. The second-order valence-corrected chi connectivity index (χ2v) is 7.54. The van der Waals surface area contributed by atoms with Crippen LogP contribution in [0.2, 0.25) is 0 Å². The SMILES string of the molecule is O=C1CN(c2c(O)cc(CNc3ccn4ccnc4c3)cc2F)S(=O)(=O)N1. The molecule has 0 aliphatic carbocycles. The van der Waals surface area contributed by atoms with Gasteiger partial charge in [0.15, 0.2) is 5.82 Å². The van der Waals surface area contributed by atoms with Crippen molar-refractivity contribution in [3.8, 4) is 5.75 Å². The summed E-state index contributed by atoms with van der Waals surface area (Å²) in [6.07, 6.45) is 5.28. The van der Waals surface area contributed by atoms with Crippen molar-refractivity contribution in [1.82, 2.24) is 14.1 Å². The van der Waals surface area contributed by atoms with Gasteiger partial charge >= 0.3 is 10.2 Å². The Balaban J connectivity index is 1.57. The molecular weight excluding hydrogens is 377 g/mol. The molecule has 0 radical (unpaired) electrons. The summed E-state index contributed by atoms with van der Waals surface area (Å²) in [4.78, 5) is 15.5. The predicted molar refractivity (Wildman–Crippen MR) is 95.0 cm³/mol. The Morgan fingerprint density at radius 2 is 2.11 bits per heavy atom. The van der Waals surface area contributed by atoms with Gasteiger partial charge in [-0.2, -0.15) is 8.42 Å². The van der Waals surface area contributed by atoms with Gasteiger partial charge in [0.2, 0.25) is 0 Å². The first-order valence-corrected chi connectivity index (χ1v) is 9.29. The number of carbonyl (C=O) groups is 1. The van der Waals surface area contributed by atoms with Crippen molar-refractivity contribution < 1.29 is 22.7 Å². The molecule has 1 aromatic carbocycles. The number of nitrogens with one attached hydrogen (secondary N) is 2. The lowest BCUT2D eigenvalue weighted by Gasteiger charge is -2.18. The zero-order chi connectivity index (χ0) is 19.2. The highest BCUT2D eigenvalue weighted by atomic mass is 32.2. The number of phenolic OH excluding ortho intramolecular Hbond substituents is 1. The molecule has 0 bridgehead atoms. The van der Waals surface area contributed by atoms with Crippen LogP contribution in [0.15, 0.2) is 42.9 Å². The van der Waals surface area contributed by atoms with E-state index in [1.54, 1.807) is 23.2 Å².